The molecule has 1 aliphatic carbocycles. The Balaban J connectivity index is 2.17. The van der Waals surface area contributed by atoms with Crippen molar-refractivity contribution in [2.24, 2.45) is 11.8 Å². The van der Waals surface area contributed by atoms with Crippen molar-refractivity contribution in [2.45, 2.75) is 58.8 Å². The van der Waals surface area contributed by atoms with Crippen LogP contribution in [0.2, 0.25) is 0 Å². The van der Waals surface area contributed by atoms with Crippen LogP contribution in [0.4, 0.5) is 0 Å². The largest absolute Gasteiger partial charge is 0.466 e. The lowest BCUT2D eigenvalue weighted by molar-refractivity contribution is -0.147. The molecular formula is C13H24O2. The third-order valence-corrected chi connectivity index (χ3v) is 3.38. The number of ether oxygens (including phenoxy) is 1. The highest BCUT2D eigenvalue weighted by atomic mass is 16.5. The molecule has 2 atom stereocenters. The van der Waals surface area contributed by atoms with Crippen LogP contribution in [0.5, 0.6) is 0 Å². The normalized spacial score (nSPS) is 25.5. The van der Waals surface area contributed by atoms with Crippen molar-refractivity contribution in [3.05, 3.63) is 0 Å². The highest BCUT2D eigenvalue weighted by Gasteiger charge is 2.30. The van der Waals surface area contributed by atoms with Crippen molar-refractivity contribution in [1.82, 2.24) is 0 Å². The molecule has 0 aromatic heterocycles. The molecule has 0 radical (unpaired) electrons. The molecule has 1 rings (SSSR count). The Morgan fingerprint density at radius 1 is 1.27 bits per heavy atom. The van der Waals surface area contributed by atoms with Crippen molar-refractivity contribution in [3.63, 3.8) is 0 Å². The molecule has 15 heavy (non-hydrogen) atoms. The number of unbranched alkanes of at least 4 members (excludes halogenated alkanes) is 2. The lowest BCUT2D eigenvalue weighted by atomic mass is 9.98. The van der Waals surface area contributed by atoms with Crippen LogP contribution in [-0.2, 0) is 9.53 Å². The van der Waals surface area contributed by atoms with E-state index < -0.39 is 0 Å². The van der Waals surface area contributed by atoms with Gasteiger partial charge in [0.05, 0.1) is 12.5 Å². The van der Waals surface area contributed by atoms with Crippen LogP contribution in [0.1, 0.15) is 58.8 Å². The minimum atomic E-state index is 0.0375. The summed E-state index contributed by atoms with van der Waals surface area (Å²) in [6.07, 6.45) is 8.61. The van der Waals surface area contributed by atoms with E-state index in [-0.39, 0.29) is 11.9 Å². The summed E-state index contributed by atoms with van der Waals surface area (Å²) in [6.45, 7) is 4.64. The van der Waals surface area contributed by atoms with Crippen LogP contribution >= 0.6 is 0 Å². The Morgan fingerprint density at radius 2 is 2.07 bits per heavy atom. The molecule has 0 aliphatic heterocycles. The summed E-state index contributed by atoms with van der Waals surface area (Å²) in [4.78, 5) is 11.5. The first-order chi connectivity index (χ1) is 7.27. The minimum Gasteiger partial charge on any atom is -0.466 e. The van der Waals surface area contributed by atoms with Crippen molar-refractivity contribution in [1.29, 1.82) is 0 Å². The fourth-order valence-corrected chi connectivity index (χ4v) is 2.49. The van der Waals surface area contributed by atoms with Gasteiger partial charge in [-0.2, -0.15) is 0 Å². The standard InChI is InChI=1S/C13H24O2/c1-3-5-6-7-11-8-9-12(10-11)13(14)15-4-2/h11-12H,3-10H2,1-2H3. The van der Waals surface area contributed by atoms with Gasteiger partial charge in [0.25, 0.3) is 0 Å². The van der Waals surface area contributed by atoms with Gasteiger partial charge in [0.2, 0.25) is 0 Å². The van der Waals surface area contributed by atoms with Gasteiger partial charge in [-0.25, -0.2) is 0 Å². The molecule has 2 nitrogen and oxygen atoms in total. The van der Waals surface area contributed by atoms with Gasteiger partial charge in [-0.1, -0.05) is 32.6 Å². The molecule has 1 fully saturated rings. The summed E-state index contributed by atoms with van der Waals surface area (Å²) in [5.41, 5.74) is 0. The molecule has 0 amide bonds. The van der Waals surface area contributed by atoms with Crippen molar-refractivity contribution < 1.29 is 9.53 Å². The summed E-state index contributed by atoms with van der Waals surface area (Å²) in [5.74, 6) is 1.03. The second-order valence-corrected chi connectivity index (χ2v) is 4.62. The lowest BCUT2D eigenvalue weighted by Gasteiger charge is -2.10. The van der Waals surface area contributed by atoms with Crippen molar-refractivity contribution >= 4 is 5.97 Å². The third kappa shape index (κ3) is 4.23. The van der Waals surface area contributed by atoms with Gasteiger partial charge >= 0.3 is 5.97 Å². The Kier molecular flexibility index (Phi) is 5.74. The van der Waals surface area contributed by atoms with E-state index in [9.17, 15) is 4.79 Å². The molecule has 1 saturated carbocycles. The highest BCUT2D eigenvalue weighted by Crippen LogP contribution is 2.34. The number of rotatable bonds is 6. The fraction of sp³-hybridized carbons (Fsp3) is 0.923. The van der Waals surface area contributed by atoms with Crippen LogP contribution < -0.4 is 0 Å². The number of hydrogen-bond donors (Lipinski definition) is 0. The summed E-state index contributed by atoms with van der Waals surface area (Å²) in [5, 5.41) is 0. The summed E-state index contributed by atoms with van der Waals surface area (Å²) in [6, 6.07) is 0. The van der Waals surface area contributed by atoms with E-state index in [0.717, 1.165) is 18.8 Å². The molecule has 0 spiro atoms. The van der Waals surface area contributed by atoms with Gasteiger partial charge in [0.15, 0.2) is 0 Å². The van der Waals surface area contributed by atoms with Crippen molar-refractivity contribution in [3.8, 4) is 0 Å². The molecule has 2 heteroatoms. The van der Waals surface area contributed by atoms with E-state index in [1.165, 1.54) is 32.1 Å². The maximum absolute atomic E-state index is 11.5. The topological polar surface area (TPSA) is 26.3 Å². The lowest BCUT2D eigenvalue weighted by Crippen LogP contribution is -2.14. The van der Waals surface area contributed by atoms with Crippen LogP contribution in [0.25, 0.3) is 0 Å². The first-order valence-electron chi connectivity index (χ1n) is 6.44. The quantitative estimate of drug-likeness (QED) is 0.497. The minimum absolute atomic E-state index is 0.0375. The number of esters is 1. The Morgan fingerprint density at radius 3 is 2.73 bits per heavy atom. The maximum atomic E-state index is 11.5. The SMILES string of the molecule is CCCCCC1CCC(C(=O)OCC)C1. The van der Waals surface area contributed by atoms with Gasteiger partial charge in [-0.3, -0.25) is 4.79 Å². The fourth-order valence-electron chi connectivity index (χ4n) is 2.49. The molecule has 1 aliphatic rings. The monoisotopic (exact) mass is 212 g/mol. The first-order valence-corrected chi connectivity index (χ1v) is 6.44. The van der Waals surface area contributed by atoms with Gasteiger partial charge in [-0.05, 0) is 32.1 Å². The Bertz CT molecular complexity index is 189. The zero-order valence-corrected chi connectivity index (χ0v) is 10.1. The number of hydrogen-bond acceptors (Lipinski definition) is 2. The van der Waals surface area contributed by atoms with Gasteiger partial charge in [0.1, 0.15) is 0 Å². The molecule has 2 unspecified atom stereocenters. The summed E-state index contributed by atoms with van der Waals surface area (Å²) >= 11 is 0. The van der Waals surface area contributed by atoms with Crippen LogP contribution in [0.3, 0.4) is 0 Å². The average molecular weight is 212 g/mol. The highest BCUT2D eigenvalue weighted by molar-refractivity contribution is 5.72. The van der Waals surface area contributed by atoms with E-state index in [2.05, 4.69) is 6.92 Å². The third-order valence-electron chi connectivity index (χ3n) is 3.38. The molecule has 0 heterocycles. The molecular weight excluding hydrogens is 188 g/mol. The molecule has 88 valence electrons. The molecule has 0 aromatic carbocycles. The number of carbonyl (C=O) groups excluding carboxylic acids is 1. The Hall–Kier alpha value is -0.530. The predicted octanol–water partition coefficient (Wildman–Crippen LogP) is 3.55. The first kappa shape index (κ1) is 12.5. The molecule has 0 saturated heterocycles. The maximum Gasteiger partial charge on any atom is 0.308 e. The van der Waals surface area contributed by atoms with Gasteiger partial charge < -0.3 is 4.74 Å². The second kappa shape index (κ2) is 6.86. The van der Waals surface area contributed by atoms with Gasteiger partial charge in [0, 0.05) is 0 Å². The van der Waals surface area contributed by atoms with Crippen molar-refractivity contribution in [2.75, 3.05) is 6.61 Å². The predicted molar refractivity (Wildman–Crippen MR) is 61.6 cm³/mol. The number of carbonyl (C=O) groups is 1. The van der Waals surface area contributed by atoms with E-state index in [4.69, 9.17) is 4.74 Å². The molecule has 0 aromatic rings. The van der Waals surface area contributed by atoms with E-state index in [0.29, 0.717) is 6.61 Å². The van der Waals surface area contributed by atoms with Gasteiger partial charge in [-0.15, -0.1) is 0 Å². The zero-order valence-electron chi connectivity index (χ0n) is 10.1. The smallest absolute Gasteiger partial charge is 0.308 e. The average Bonchev–Trinajstić information content (AvgIpc) is 2.67. The summed E-state index contributed by atoms with van der Waals surface area (Å²) < 4.78 is 5.06. The van der Waals surface area contributed by atoms with Crippen LogP contribution in [0, 0.1) is 11.8 Å². The van der Waals surface area contributed by atoms with E-state index in [1.807, 2.05) is 6.92 Å². The zero-order chi connectivity index (χ0) is 11.1. The van der Waals surface area contributed by atoms with Crippen LogP contribution in [0.15, 0.2) is 0 Å². The van der Waals surface area contributed by atoms with Crippen LogP contribution in [-0.4, -0.2) is 12.6 Å². The second-order valence-electron chi connectivity index (χ2n) is 4.62. The molecule has 0 N–H and O–H groups in total. The van der Waals surface area contributed by atoms with E-state index >= 15 is 0 Å². The Labute approximate surface area is 93.4 Å². The molecule has 0 bridgehead atoms. The summed E-state index contributed by atoms with van der Waals surface area (Å²) in [7, 11) is 0. The van der Waals surface area contributed by atoms with E-state index in [1.54, 1.807) is 0 Å².